The molecule has 0 saturated heterocycles. The fourth-order valence-corrected chi connectivity index (χ4v) is 2.94. The molecule has 0 aliphatic heterocycles. The van der Waals surface area contributed by atoms with E-state index in [0.717, 1.165) is 8.26 Å². The minimum Gasteiger partial charge on any atom is -0.304 e. The second kappa shape index (κ2) is 5.03. The molecule has 82 valence electrons. The molecule has 16 heavy (non-hydrogen) atoms. The maximum atomic E-state index is 11.8. The number of carbonyl (C=O) groups is 1. The zero-order valence-corrected chi connectivity index (χ0v) is 11.8. The van der Waals surface area contributed by atoms with Gasteiger partial charge in [-0.25, -0.2) is 0 Å². The fourth-order valence-electron chi connectivity index (χ4n) is 1.00. The zero-order valence-electron chi connectivity index (χ0n) is 7.78. The number of carbonyl (C=O) groups excluding carboxylic acids is 1. The lowest BCUT2D eigenvalue weighted by Crippen LogP contribution is -2.11. The average molecular weight is 363 g/mol. The first-order valence-corrected chi connectivity index (χ1v) is 6.61. The Kier molecular flexibility index (Phi) is 3.67. The van der Waals surface area contributed by atoms with E-state index in [2.05, 4.69) is 47.4 Å². The van der Waals surface area contributed by atoms with Crippen LogP contribution in [0, 0.1) is 0 Å². The molecule has 0 spiro atoms. The summed E-state index contributed by atoms with van der Waals surface area (Å²) in [6.45, 7) is 0. The van der Waals surface area contributed by atoms with Crippen molar-refractivity contribution in [3.63, 3.8) is 0 Å². The first kappa shape index (κ1) is 11.7. The molecule has 1 N–H and O–H groups in total. The SMILES string of the molecule is O=C(Nc1cccnn1)c1cc(Br)c(Br)s1. The van der Waals surface area contributed by atoms with Gasteiger partial charge in [0.2, 0.25) is 0 Å². The minimum absolute atomic E-state index is 0.197. The highest BCUT2D eigenvalue weighted by Gasteiger charge is 2.12. The summed E-state index contributed by atoms with van der Waals surface area (Å²) in [7, 11) is 0. The Labute approximate surface area is 112 Å². The molecule has 7 heteroatoms. The van der Waals surface area contributed by atoms with Gasteiger partial charge < -0.3 is 5.32 Å². The maximum Gasteiger partial charge on any atom is 0.267 e. The van der Waals surface area contributed by atoms with Gasteiger partial charge >= 0.3 is 0 Å². The first-order chi connectivity index (χ1) is 7.66. The molecule has 4 nitrogen and oxygen atoms in total. The van der Waals surface area contributed by atoms with E-state index in [0.29, 0.717) is 10.7 Å². The molecular formula is C9H5Br2N3OS. The second-order valence-corrected chi connectivity index (χ2v) is 6.02. The summed E-state index contributed by atoms with van der Waals surface area (Å²) in [4.78, 5) is 12.4. The second-order valence-electron chi connectivity index (χ2n) is 2.80. The summed E-state index contributed by atoms with van der Waals surface area (Å²) >= 11 is 8.01. The molecule has 0 bridgehead atoms. The summed E-state index contributed by atoms with van der Waals surface area (Å²) in [6, 6.07) is 5.14. The molecule has 0 aromatic carbocycles. The number of halogens is 2. The van der Waals surface area contributed by atoms with E-state index in [4.69, 9.17) is 0 Å². The molecule has 2 aromatic heterocycles. The van der Waals surface area contributed by atoms with Gasteiger partial charge in [0.05, 0.1) is 8.66 Å². The van der Waals surface area contributed by atoms with Crippen molar-refractivity contribution in [2.24, 2.45) is 0 Å². The molecule has 1 amide bonds. The van der Waals surface area contributed by atoms with E-state index >= 15 is 0 Å². The summed E-state index contributed by atoms with van der Waals surface area (Å²) in [5.74, 6) is 0.241. The molecule has 2 aromatic rings. The average Bonchev–Trinajstić information content (AvgIpc) is 2.61. The lowest BCUT2D eigenvalue weighted by Gasteiger charge is -1.99. The number of hydrogen-bond acceptors (Lipinski definition) is 4. The lowest BCUT2D eigenvalue weighted by atomic mass is 10.4. The van der Waals surface area contributed by atoms with Crippen LogP contribution in [0.4, 0.5) is 5.82 Å². The summed E-state index contributed by atoms with van der Waals surface area (Å²) in [5, 5.41) is 10.1. The molecule has 0 aliphatic carbocycles. The van der Waals surface area contributed by atoms with E-state index in [1.54, 1.807) is 24.4 Å². The number of nitrogens with one attached hydrogen (secondary N) is 1. The Morgan fingerprint density at radius 3 is 2.81 bits per heavy atom. The van der Waals surface area contributed by atoms with Gasteiger partial charge in [-0.2, -0.15) is 5.10 Å². The van der Waals surface area contributed by atoms with Crippen LogP contribution < -0.4 is 5.32 Å². The molecule has 0 unspecified atom stereocenters. The summed E-state index contributed by atoms with van der Waals surface area (Å²) < 4.78 is 1.75. The number of amides is 1. The first-order valence-electron chi connectivity index (χ1n) is 4.20. The van der Waals surface area contributed by atoms with Crippen LogP contribution in [-0.2, 0) is 0 Å². The maximum absolute atomic E-state index is 11.8. The number of anilines is 1. The molecule has 0 radical (unpaired) electrons. The summed E-state index contributed by atoms with van der Waals surface area (Å²) in [6.07, 6.45) is 1.55. The number of hydrogen-bond donors (Lipinski definition) is 1. The number of aromatic nitrogens is 2. The molecule has 2 heterocycles. The van der Waals surface area contributed by atoms with Crippen LogP contribution in [0.2, 0.25) is 0 Å². The van der Waals surface area contributed by atoms with Crippen LogP contribution in [0.1, 0.15) is 9.67 Å². The van der Waals surface area contributed by atoms with Gasteiger partial charge in [-0.1, -0.05) is 0 Å². The lowest BCUT2D eigenvalue weighted by molar-refractivity contribution is 0.103. The highest BCUT2D eigenvalue weighted by atomic mass is 79.9. The Morgan fingerprint density at radius 2 is 2.25 bits per heavy atom. The van der Waals surface area contributed by atoms with Gasteiger partial charge in [-0.3, -0.25) is 4.79 Å². The summed E-state index contributed by atoms with van der Waals surface area (Å²) in [5.41, 5.74) is 0. The van der Waals surface area contributed by atoms with Gasteiger partial charge in [-0.05, 0) is 50.1 Å². The van der Waals surface area contributed by atoms with E-state index < -0.39 is 0 Å². The van der Waals surface area contributed by atoms with E-state index in [1.807, 2.05) is 0 Å². The Hall–Kier alpha value is -0.790. The van der Waals surface area contributed by atoms with Gasteiger partial charge in [0.25, 0.3) is 5.91 Å². The Balaban J connectivity index is 2.15. The van der Waals surface area contributed by atoms with Crippen LogP contribution >= 0.6 is 43.2 Å². The van der Waals surface area contributed by atoms with Crippen LogP contribution in [-0.4, -0.2) is 16.1 Å². The van der Waals surface area contributed by atoms with Crippen LogP contribution in [0.25, 0.3) is 0 Å². The zero-order chi connectivity index (χ0) is 11.5. The van der Waals surface area contributed by atoms with Crippen LogP contribution in [0.5, 0.6) is 0 Å². The van der Waals surface area contributed by atoms with Crippen molar-refractivity contribution in [1.29, 1.82) is 0 Å². The number of thiophene rings is 1. The largest absolute Gasteiger partial charge is 0.304 e. The van der Waals surface area contributed by atoms with E-state index in [9.17, 15) is 4.79 Å². The van der Waals surface area contributed by atoms with Crippen molar-refractivity contribution in [2.45, 2.75) is 0 Å². The fraction of sp³-hybridized carbons (Fsp3) is 0. The highest BCUT2D eigenvalue weighted by Crippen LogP contribution is 2.32. The molecule has 0 fully saturated rings. The van der Waals surface area contributed by atoms with Crippen molar-refractivity contribution in [3.05, 3.63) is 37.5 Å². The van der Waals surface area contributed by atoms with Crippen LogP contribution in [0.3, 0.4) is 0 Å². The van der Waals surface area contributed by atoms with E-state index in [1.165, 1.54) is 11.3 Å². The number of rotatable bonds is 2. The molecule has 0 atom stereocenters. The van der Waals surface area contributed by atoms with Gasteiger partial charge in [0.15, 0.2) is 5.82 Å². The van der Waals surface area contributed by atoms with Crippen molar-refractivity contribution >= 4 is 54.9 Å². The quantitative estimate of drug-likeness (QED) is 0.891. The topological polar surface area (TPSA) is 54.9 Å². The molecular weight excluding hydrogens is 358 g/mol. The van der Waals surface area contributed by atoms with Crippen molar-refractivity contribution in [1.82, 2.24) is 10.2 Å². The van der Waals surface area contributed by atoms with Gasteiger partial charge in [0, 0.05) is 10.7 Å². The predicted octanol–water partition coefficient (Wildman–Crippen LogP) is 3.32. The Morgan fingerprint density at radius 1 is 1.44 bits per heavy atom. The smallest absolute Gasteiger partial charge is 0.267 e. The molecule has 0 aliphatic rings. The Bertz CT molecular complexity index is 495. The highest BCUT2D eigenvalue weighted by molar-refractivity contribution is 9.13. The molecule has 2 rings (SSSR count). The normalized spacial score (nSPS) is 10.1. The van der Waals surface area contributed by atoms with E-state index in [-0.39, 0.29) is 5.91 Å². The van der Waals surface area contributed by atoms with Crippen molar-refractivity contribution in [2.75, 3.05) is 5.32 Å². The predicted molar refractivity (Wildman–Crippen MR) is 69.7 cm³/mol. The van der Waals surface area contributed by atoms with Gasteiger partial charge in [-0.15, -0.1) is 16.4 Å². The monoisotopic (exact) mass is 361 g/mol. The standard InChI is InChI=1S/C9H5Br2N3OS/c10-5-4-6(16-8(5)11)9(15)13-7-2-1-3-12-14-7/h1-4H,(H,13,14,15). The van der Waals surface area contributed by atoms with Crippen LogP contribution in [0.15, 0.2) is 32.7 Å². The minimum atomic E-state index is -0.197. The van der Waals surface area contributed by atoms with Gasteiger partial charge in [0.1, 0.15) is 0 Å². The third kappa shape index (κ3) is 2.66. The van der Waals surface area contributed by atoms with Crippen molar-refractivity contribution in [3.8, 4) is 0 Å². The third-order valence-electron chi connectivity index (χ3n) is 1.68. The number of nitrogens with zero attached hydrogens (tertiary/aromatic N) is 2. The van der Waals surface area contributed by atoms with Crippen molar-refractivity contribution < 1.29 is 4.79 Å². The molecule has 0 saturated carbocycles. The third-order valence-corrected chi connectivity index (χ3v) is 4.94.